The molecular formula is C20H23NO5. The van der Waals surface area contributed by atoms with Gasteiger partial charge in [-0.2, -0.15) is 0 Å². The van der Waals surface area contributed by atoms with Crippen LogP contribution in [0.2, 0.25) is 0 Å². The van der Waals surface area contributed by atoms with Crippen molar-refractivity contribution in [1.82, 2.24) is 5.32 Å². The van der Waals surface area contributed by atoms with Crippen LogP contribution < -0.4 is 14.8 Å². The van der Waals surface area contributed by atoms with Crippen LogP contribution in [0.4, 0.5) is 0 Å². The minimum absolute atomic E-state index is 0.0695. The number of amides is 1. The molecule has 0 fully saturated rings. The summed E-state index contributed by atoms with van der Waals surface area (Å²) in [7, 11) is 0. The first-order valence-corrected chi connectivity index (χ1v) is 8.26. The lowest BCUT2D eigenvalue weighted by atomic mass is 10.1. The van der Waals surface area contributed by atoms with E-state index in [9.17, 15) is 9.59 Å². The van der Waals surface area contributed by atoms with E-state index < -0.39 is 12.6 Å². The van der Waals surface area contributed by atoms with E-state index in [-0.39, 0.29) is 12.5 Å². The molecule has 26 heavy (non-hydrogen) atoms. The molecule has 2 aromatic rings. The van der Waals surface area contributed by atoms with Gasteiger partial charge in [-0.25, -0.2) is 4.79 Å². The van der Waals surface area contributed by atoms with Gasteiger partial charge in [0.15, 0.2) is 13.2 Å². The zero-order valence-electron chi connectivity index (χ0n) is 15.2. The van der Waals surface area contributed by atoms with Gasteiger partial charge in [0, 0.05) is 6.54 Å². The van der Waals surface area contributed by atoms with Crippen LogP contribution in [0.15, 0.2) is 36.4 Å². The lowest BCUT2D eigenvalue weighted by Crippen LogP contribution is -2.28. The van der Waals surface area contributed by atoms with Crippen LogP contribution in [0.3, 0.4) is 0 Å². The van der Waals surface area contributed by atoms with Crippen molar-refractivity contribution < 1.29 is 24.2 Å². The lowest BCUT2D eigenvalue weighted by Gasteiger charge is -2.13. The Bertz CT molecular complexity index is 778. The second kappa shape index (κ2) is 8.89. The topological polar surface area (TPSA) is 84.9 Å². The summed E-state index contributed by atoms with van der Waals surface area (Å²) in [6.45, 7) is 5.76. The van der Waals surface area contributed by atoms with Crippen molar-refractivity contribution in [3.05, 3.63) is 58.7 Å². The fourth-order valence-corrected chi connectivity index (χ4v) is 2.67. The lowest BCUT2D eigenvalue weighted by molar-refractivity contribution is -0.139. The van der Waals surface area contributed by atoms with Crippen molar-refractivity contribution in [3.8, 4) is 11.5 Å². The number of aryl methyl sites for hydroxylation is 3. The highest BCUT2D eigenvalue weighted by atomic mass is 16.5. The van der Waals surface area contributed by atoms with Crippen LogP contribution in [0.1, 0.15) is 22.3 Å². The Morgan fingerprint density at radius 2 is 1.69 bits per heavy atom. The zero-order valence-corrected chi connectivity index (χ0v) is 15.2. The van der Waals surface area contributed by atoms with Crippen molar-refractivity contribution in [2.75, 3.05) is 13.2 Å². The molecule has 0 aliphatic carbocycles. The van der Waals surface area contributed by atoms with Crippen molar-refractivity contribution in [3.63, 3.8) is 0 Å². The van der Waals surface area contributed by atoms with E-state index in [4.69, 9.17) is 14.6 Å². The third kappa shape index (κ3) is 5.81. The summed E-state index contributed by atoms with van der Waals surface area (Å²) in [6, 6.07) is 11.0. The van der Waals surface area contributed by atoms with Gasteiger partial charge in [-0.3, -0.25) is 4.79 Å². The summed E-state index contributed by atoms with van der Waals surface area (Å²) in [6.07, 6.45) is 0. The monoisotopic (exact) mass is 357 g/mol. The van der Waals surface area contributed by atoms with Crippen LogP contribution >= 0.6 is 0 Å². The quantitative estimate of drug-likeness (QED) is 0.759. The van der Waals surface area contributed by atoms with Crippen molar-refractivity contribution in [2.45, 2.75) is 27.3 Å². The molecule has 0 unspecified atom stereocenters. The van der Waals surface area contributed by atoms with Gasteiger partial charge in [-0.15, -0.1) is 0 Å². The fraction of sp³-hybridized carbons (Fsp3) is 0.300. The third-order valence-corrected chi connectivity index (χ3v) is 3.70. The molecular weight excluding hydrogens is 334 g/mol. The standard InChI is InChI=1S/C20H23NO5/c1-13-7-14(2)20(15(3)8-13)26-11-18(22)21-10-16-5-4-6-17(9-16)25-12-19(23)24/h4-9H,10-12H2,1-3H3,(H,21,22)(H,23,24). The van der Waals surface area contributed by atoms with Crippen molar-refractivity contribution in [1.29, 1.82) is 0 Å². The van der Waals surface area contributed by atoms with Crippen LogP contribution in [0, 0.1) is 20.8 Å². The summed E-state index contributed by atoms with van der Waals surface area (Å²) in [4.78, 5) is 22.6. The van der Waals surface area contributed by atoms with Gasteiger partial charge in [-0.1, -0.05) is 29.8 Å². The van der Waals surface area contributed by atoms with Gasteiger partial charge in [0.2, 0.25) is 0 Å². The van der Waals surface area contributed by atoms with Crippen LogP contribution in [-0.2, 0) is 16.1 Å². The van der Waals surface area contributed by atoms with Crippen LogP contribution in [-0.4, -0.2) is 30.2 Å². The van der Waals surface area contributed by atoms with E-state index in [0.29, 0.717) is 12.3 Å². The Balaban J connectivity index is 1.86. The van der Waals surface area contributed by atoms with Crippen LogP contribution in [0.25, 0.3) is 0 Å². The van der Waals surface area contributed by atoms with E-state index in [1.807, 2.05) is 39.0 Å². The molecule has 2 N–H and O–H groups in total. The summed E-state index contributed by atoms with van der Waals surface area (Å²) < 4.78 is 10.8. The van der Waals surface area contributed by atoms with Gasteiger partial charge in [-0.05, 0) is 49.6 Å². The van der Waals surface area contributed by atoms with Crippen molar-refractivity contribution in [2.24, 2.45) is 0 Å². The predicted octanol–water partition coefficient (Wildman–Crippen LogP) is 2.77. The summed E-state index contributed by atoms with van der Waals surface area (Å²) in [5, 5.41) is 11.4. The molecule has 6 heteroatoms. The number of nitrogens with one attached hydrogen (secondary N) is 1. The zero-order chi connectivity index (χ0) is 19.1. The van der Waals surface area contributed by atoms with Gasteiger partial charge in [0.25, 0.3) is 5.91 Å². The van der Waals surface area contributed by atoms with E-state index in [1.54, 1.807) is 18.2 Å². The molecule has 0 saturated carbocycles. The molecule has 0 aliphatic heterocycles. The minimum Gasteiger partial charge on any atom is -0.483 e. The Morgan fingerprint density at radius 1 is 1.00 bits per heavy atom. The third-order valence-electron chi connectivity index (χ3n) is 3.70. The van der Waals surface area contributed by atoms with Crippen molar-refractivity contribution >= 4 is 11.9 Å². The first-order chi connectivity index (χ1) is 12.3. The average Bonchev–Trinajstić information content (AvgIpc) is 2.57. The number of ether oxygens (including phenoxy) is 2. The minimum atomic E-state index is -1.04. The summed E-state index contributed by atoms with van der Waals surface area (Å²) in [5.74, 6) is -0.0973. The highest BCUT2D eigenvalue weighted by molar-refractivity contribution is 5.77. The predicted molar refractivity (Wildman–Crippen MR) is 97.6 cm³/mol. The number of carboxylic acids is 1. The molecule has 0 bridgehead atoms. The number of hydrogen-bond donors (Lipinski definition) is 2. The highest BCUT2D eigenvalue weighted by Crippen LogP contribution is 2.24. The number of carbonyl (C=O) groups is 2. The largest absolute Gasteiger partial charge is 0.483 e. The number of rotatable bonds is 8. The highest BCUT2D eigenvalue weighted by Gasteiger charge is 2.09. The maximum absolute atomic E-state index is 12.0. The molecule has 6 nitrogen and oxygen atoms in total. The Morgan fingerprint density at radius 3 is 2.35 bits per heavy atom. The summed E-state index contributed by atoms with van der Waals surface area (Å²) >= 11 is 0. The molecule has 0 radical (unpaired) electrons. The van der Waals surface area contributed by atoms with Gasteiger partial charge in [0.1, 0.15) is 11.5 Å². The molecule has 0 heterocycles. The van der Waals surface area contributed by atoms with E-state index in [0.717, 1.165) is 28.0 Å². The number of benzene rings is 2. The maximum atomic E-state index is 12.0. The van der Waals surface area contributed by atoms with Gasteiger partial charge in [0.05, 0.1) is 0 Å². The maximum Gasteiger partial charge on any atom is 0.341 e. The SMILES string of the molecule is Cc1cc(C)c(OCC(=O)NCc2cccc(OCC(=O)O)c2)c(C)c1. The molecule has 1 amide bonds. The molecule has 0 aromatic heterocycles. The first-order valence-electron chi connectivity index (χ1n) is 8.26. The van der Waals surface area contributed by atoms with Gasteiger partial charge < -0.3 is 19.9 Å². The Kier molecular flexibility index (Phi) is 6.60. The number of carboxylic acid groups (broad SMARTS) is 1. The fourth-order valence-electron chi connectivity index (χ4n) is 2.67. The molecule has 0 saturated heterocycles. The molecule has 2 aromatic carbocycles. The molecule has 2 rings (SSSR count). The Labute approximate surface area is 152 Å². The van der Waals surface area contributed by atoms with E-state index >= 15 is 0 Å². The molecule has 138 valence electrons. The van der Waals surface area contributed by atoms with Crippen LogP contribution in [0.5, 0.6) is 11.5 Å². The molecule has 0 aliphatic rings. The molecule has 0 spiro atoms. The van der Waals surface area contributed by atoms with Gasteiger partial charge >= 0.3 is 5.97 Å². The normalized spacial score (nSPS) is 10.3. The summed E-state index contributed by atoms with van der Waals surface area (Å²) in [5.41, 5.74) is 3.96. The second-order valence-corrected chi connectivity index (χ2v) is 6.12. The second-order valence-electron chi connectivity index (χ2n) is 6.12. The number of carbonyl (C=O) groups excluding carboxylic acids is 1. The van der Waals surface area contributed by atoms with E-state index in [2.05, 4.69) is 5.32 Å². The smallest absolute Gasteiger partial charge is 0.341 e. The number of hydrogen-bond acceptors (Lipinski definition) is 4. The average molecular weight is 357 g/mol. The van der Waals surface area contributed by atoms with E-state index in [1.165, 1.54) is 0 Å². The molecule has 0 atom stereocenters. The Hall–Kier alpha value is -3.02. The number of aliphatic carboxylic acids is 1. The first kappa shape index (κ1) is 19.3.